The highest BCUT2D eigenvalue weighted by atomic mass is 16.1. The third-order valence-corrected chi connectivity index (χ3v) is 3.36. The standard InChI is InChI=1S/C15H21N3O/c16-11-15(19)5-4-14-10-12(6-8-18-14)9-13-3-1-2-7-17-13/h1-2,6,8,10,13,17H,3-5,7,9,11,16H2. The van der Waals surface area contributed by atoms with Crippen molar-refractivity contribution in [2.45, 2.75) is 31.7 Å². The summed E-state index contributed by atoms with van der Waals surface area (Å²) >= 11 is 0. The molecule has 0 spiro atoms. The van der Waals surface area contributed by atoms with Gasteiger partial charge in [0.1, 0.15) is 5.78 Å². The summed E-state index contributed by atoms with van der Waals surface area (Å²) in [5, 5.41) is 3.47. The monoisotopic (exact) mass is 259 g/mol. The zero-order valence-corrected chi connectivity index (χ0v) is 11.1. The minimum absolute atomic E-state index is 0.0892. The Balaban J connectivity index is 1.90. The summed E-state index contributed by atoms with van der Waals surface area (Å²) in [4.78, 5) is 15.5. The summed E-state index contributed by atoms with van der Waals surface area (Å²) in [7, 11) is 0. The van der Waals surface area contributed by atoms with Crippen LogP contribution in [0.3, 0.4) is 0 Å². The molecule has 2 rings (SSSR count). The first-order valence-electron chi connectivity index (χ1n) is 6.82. The van der Waals surface area contributed by atoms with Crippen molar-refractivity contribution in [1.29, 1.82) is 0 Å². The van der Waals surface area contributed by atoms with E-state index in [-0.39, 0.29) is 12.3 Å². The van der Waals surface area contributed by atoms with Crippen LogP contribution in [0.15, 0.2) is 30.5 Å². The lowest BCUT2D eigenvalue weighted by Gasteiger charge is -2.19. The van der Waals surface area contributed by atoms with Crippen molar-refractivity contribution < 1.29 is 4.79 Å². The van der Waals surface area contributed by atoms with Gasteiger partial charge in [0.2, 0.25) is 0 Å². The average Bonchev–Trinajstić information content (AvgIpc) is 2.46. The fourth-order valence-electron chi connectivity index (χ4n) is 2.26. The summed E-state index contributed by atoms with van der Waals surface area (Å²) in [6.45, 7) is 1.08. The van der Waals surface area contributed by atoms with Crippen molar-refractivity contribution in [1.82, 2.24) is 10.3 Å². The maximum Gasteiger partial charge on any atom is 0.146 e. The predicted molar refractivity (Wildman–Crippen MR) is 75.9 cm³/mol. The zero-order chi connectivity index (χ0) is 13.5. The third kappa shape index (κ3) is 4.58. The number of nitrogens with one attached hydrogen (secondary N) is 1. The Labute approximate surface area is 114 Å². The second-order valence-electron chi connectivity index (χ2n) is 4.91. The van der Waals surface area contributed by atoms with Crippen molar-refractivity contribution in [3.05, 3.63) is 41.7 Å². The van der Waals surface area contributed by atoms with Crippen LogP contribution in [0.5, 0.6) is 0 Å². The summed E-state index contributed by atoms with van der Waals surface area (Å²) in [6, 6.07) is 4.66. The number of carbonyl (C=O) groups excluding carboxylic acids is 1. The van der Waals surface area contributed by atoms with Gasteiger partial charge in [0.25, 0.3) is 0 Å². The number of rotatable bonds is 6. The summed E-state index contributed by atoms with van der Waals surface area (Å²) in [6.07, 6.45) is 9.46. The topological polar surface area (TPSA) is 68.0 Å². The molecule has 1 aromatic rings. The van der Waals surface area contributed by atoms with Gasteiger partial charge in [0.15, 0.2) is 0 Å². The lowest BCUT2D eigenvalue weighted by atomic mass is 10.0. The second-order valence-corrected chi connectivity index (χ2v) is 4.91. The molecule has 0 amide bonds. The van der Waals surface area contributed by atoms with Crippen molar-refractivity contribution in [2.75, 3.05) is 13.1 Å². The molecule has 102 valence electrons. The molecule has 1 aliphatic heterocycles. The van der Waals surface area contributed by atoms with E-state index in [1.54, 1.807) is 0 Å². The Morgan fingerprint density at radius 3 is 3.11 bits per heavy atom. The van der Waals surface area contributed by atoms with Gasteiger partial charge in [-0.15, -0.1) is 0 Å². The summed E-state index contributed by atoms with van der Waals surface area (Å²) in [5.74, 6) is 0.0892. The molecule has 0 radical (unpaired) electrons. The number of aromatic nitrogens is 1. The lowest BCUT2D eigenvalue weighted by molar-refractivity contribution is -0.117. The first kappa shape index (κ1) is 13.9. The van der Waals surface area contributed by atoms with Crippen LogP contribution in [0, 0.1) is 0 Å². The fourth-order valence-corrected chi connectivity index (χ4v) is 2.26. The highest BCUT2D eigenvalue weighted by Crippen LogP contribution is 2.11. The van der Waals surface area contributed by atoms with E-state index < -0.39 is 0 Å². The molecule has 1 atom stereocenters. The molecule has 0 saturated heterocycles. The number of hydrogen-bond donors (Lipinski definition) is 2. The van der Waals surface area contributed by atoms with Gasteiger partial charge in [-0.2, -0.15) is 0 Å². The Hall–Kier alpha value is -1.52. The smallest absolute Gasteiger partial charge is 0.146 e. The van der Waals surface area contributed by atoms with Gasteiger partial charge in [0, 0.05) is 30.9 Å². The van der Waals surface area contributed by atoms with E-state index in [0.29, 0.717) is 18.9 Å². The molecule has 1 aromatic heterocycles. The fraction of sp³-hybridized carbons (Fsp3) is 0.467. The zero-order valence-electron chi connectivity index (χ0n) is 11.1. The molecule has 4 nitrogen and oxygen atoms in total. The predicted octanol–water partition coefficient (Wildman–Crippen LogP) is 1.00. The molecule has 0 aliphatic carbocycles. The Kier molecular flexibility index (Phi) is 5.24. The van der Waals surface area contributed by atoms with Crippen LogP contribution < -0.4 is 11.1 Å². The van der Waals surface area contributed by atoms with Crippen LogP contribution >= 0.6 is 0 Å². The van der Waals surface area contributed by atoms with Gasteiger partial charge in [0.05, 0.1) is 6.54 Å². The SMILES string of the molecule is NCC(=O)CCc1cc(CC2CC=CCN2)ccn1. The highest BCUT2D eigenvalue weighted by Gasteiger charge is 2.10. The molecule has 1 aliphatic rings. The number of Topliss-reactive ketones (excluding diaryl/α,β-unsaturated/α-hetero) is 1. The van der Waals surface area contributed by atoms with E-state index >= 15 is 0 Å². The number of hydrogen-bond acceptors (Lipinski definition) is 4. The van der Waals surface area contributed by atoms with E-state index in [2.05, 4.69) is 28.5 Å². The average molecular weight is 259 g/mol. The van der Waals surface area contributed by atoms with E-state index in [1.165, 1.54) is 5.56 Å². The van der Waals surface area contributed by atoms with Crippen molar-refractivity contribution >= 4 is 5.78 Å². The van der Waals surface area contributed by atoms with Crippen LogP contribution in [0.1, 0.15) is 24.1 Å². The molecule has 3 N–H and O–H groups in total. The van der Waals surface area contributed by atoms with Gasteiger partial charge in [-0.05, 0) is 37.0 Å². The van der Waals surface area contributed by atoms with E-state index in [1.807, 2.05) is 12.3 Å². The molecule has 0 saturated carbocycles. The summed E-state index contributed by atoms with van der Waals surface area (Å²) < 4.78 is 0. The van der Waals surface area contributed by atoms with E-state index in [4.69, 9.17) is 5.73 Å². The molecule has 19 heavy (non-hydrogen) atoms. The van der Waals surface area contributed by atoms with Crippen molar-refractivity contribution in [3.63, 3.8) is 0 Å². The molecular formula is C15H21N3O. The van der Waals surface area contributed by atoms with E-state index in [9.17, 15) is 4.79 Å². The highest BCUT2D eigenvalue weighted by molar-refractivity contribution is 5.80. The number of aryl methyl sites for hydroxylation is 1. The number of nitrogens with two attached hydrogens (primary N) is 1. The van der Waals surface area contributed by atoms with Crippen LogP contribution in [0.25, 0.3) is 0 Å². The Morgan fingerprint density at radius 1 is 1.47 bits per heavy atom. The van der Waals surface area contributed by atoms with Crippen molar-refractivity contribution in [2.24, 2.45) is 5.73 Å². The number of pyridine rings is 1. The number of ketones is 1. The minimum atomic E-state index is 0.0892. The second kappa shape index (κ2) is 7.16. The first-order chi connectivity index (χ1) is 9.28. The molecule has 0 aromatic carbocycles. The van der Waals surface area contributed by atoms with Crippen LogP contribution in [0.2, 0.25) is 0 Å². The molecule has 0 bridgehead atoms. The maximum atomic E-state index is 11.2. The largest absolute Gasteiger partial charge is 0.324 e. The number of carbonyl (C=O) groups is 1. The molecule has 0 fully saturated rings. The van der Waals surface area contributed by atoms with Crippen LogP contribution in [0.4, 0.5) is 0 Å². The first-order valence-corrected chi connectivity index (χ1v) is 6.82. The normalized spacial score (nSPS) is 18.5. The van der Waals surface area contributed by atoms with Crippen LogP contribution in [-0.2, 0) is 17.6 Å². The summed E-state index contributed by atoms with van der Waals surface area (Å²) in [5.41, 5.74) is 7.56. The van der Waals surface area contributed by atoms with Gasteiger partial charge < -0.3 is 11.1 Å². The molecular weight excluding hydrogens is 238 g/mol. The number of nitrogens with zero attached hydrogens (tertiary/aromatic N) is 1. The molecule has 4 heteroatoms. The van der Waals surface area contributed by atoms with Gasteiger partial charge in [-0.3, -0.25) is 9.78 Å². The molecule has 1 unspecified atom stereocenters. The maximum absolute atomic E-state index is 11.2. The Bertz CT molecular complexity index is 456. The minimum Gasteiger partial charge on any atom is -0.324 e. The third-order valence-electron chi connectivity index (χ3n) is 3.36. The van der Waals surface area contributed by atoms with Crippen molar-refractivity contribution in [3.8, 4) is 0 Å². The Morgan fingerprint density at radius 2 is 2.37 bits per heavy atom. The van der Waals surface area contributed by atoms with Crippen LogP contribution in [-0.4, -0.2) is 29.9 Å². The quantitative estimate of drug-likeness (QED) is 0.748. The lowest BCUT2D eigenvalue weighted by Crippen LogP contribution is -2.33. The van der Waals surface area contributed by atoms with Gasteiger partial charge >= 0.3 is 0 Å². The van der Waals surface area contributed by atoms with Gasteiger partial charge in [-0.1, -0.05) is 12.2 Å². The molecule has 2 heterocycles. The van der Waals surface area contributed by atoms with Gasteiger partial charge in [-0.25, -0.2) is 0 Å². The van der Waals surface area contributed by atoms with E-state index in [0.717, 1.165) is 25.1 Å².